The molecule has 1 saturated heterocycles. The van der Waals surface area contributed by atoms with E-state index in [2.05, 4.69) is 5.32 Å². The van der Waals surface area contributed by atoms with Crippen molar-refractivity contribution in [2.45, 2.75) is 33.7 Å². The third kappa shape index (κ3) is 3.70. The molecule has 1 heterocycles. The van der Waals surface area contributed by atoms with Gasteiger partial charge in [0.25, 0.3) is 0 Å². The summed E-state index contributed by atoms with van der Waals surface area (Å²) in [6.07, 6.45) is 0. The Morgan fingerprint density at radius 2 is 2.06 bits per heavy atom. The number of methoxy groups -OCH3 is 1. The molecule has 2 unspecified atom stereocenters. The number of hydrogen-bond donors (Lipinski definition) is 1. The van der Waals surface area contributed by atoms with Gasteiger partial charge in [-0.2, -0.15) is 0 Å². The summed E-state index contributed by atoms with van der Waals surface area (Å²) in [5, 5.41) is 2.78. The monoisotopic (exact) mass is 256 g/mol. The van der Waals surface area contributed by atoms with Crippen molar-refractivity contribution in [1.82, 2.24) is 10.2 Å². The number of hydrogen-bond acceptors (Lipinski definition) is 3. The topological polar surface area (TPSA) is 58.6 Å². The summed E-state index contributed by atoms with van der Waals surface area (Å²) in [6.45, 7) is 9.18. The molecule has 0 saturated carbocycles. The quantitative estimate of drug-likeness (QED) is 0.803. The fourth-order valence-corrected chi connectivity index (χ4v) is 2.16. The Morgan fingerprint density at radius 3 is 2.56 bits per heavy atom. The molecular weight excluding hydrogens is 232 g/mol. The summed E-state index contributed by atoms with van der Waals surface area (Å²) in [5.41, 5.74) is -0.268. The zero-order valence-electron chi connectivity index (χ0n) is 11.9. The first-order chi connectivity index (χ1) is 8.25. The normalized spacial score (nSPS) is 22.9. The molecule has 0 aliphatic carbocycles. The van der Waals surface area contributed by atoms with Gasteiger partial charge in [-0.15, -0.1) is 0 Å². The van der Waals surface area contributed by atoms with Gasteiger partial charge in [-0.05, 0) is 11.3 Å². The molecule has 0 radical (unpaired) electrons. The van der Waals surface area contributed by atoms with Gasteiger partial charge >= 0.3 is 0 Å². The Hall–Kier alpha value is -1.10. The summed E-state index contributed by atoms with van der Waals surface area (Å²) in [6, 6.07) is -0.437. The smallest absolute Gasteiger partial charge is 0.246 e. The summed E-state index contributed by atoms with van der Waals surface area (Å²) >= 11 is 0. The van der Waals surface area contributed by atoms with Crippen LogP contribution in [0.25, 0.3) is 0 Å². The average Bonchev–Trinajstić information content (AvgIpc) is 2.21. The summed E-state index contributed by atoms with van der Waals surface area (Å²) in [5.74, 6) is 0.148. The SMILES string of the molecule is COCC(C)CN1CC(=O)NC(C(C)(C)C)C1=O. The molecule has 0 aromatic rings. The van der Waals surface area contributed by atoms with Gasteiger partial charge in [0.15, 0.2) is 0 Å². The molecule has 0 aromatic heterocycles. The Labute approximate surface area is 109 Å². The number of rotatable bonds is 4. The van der Waals surface area contributed by atoms with Crippen molar-refractivity contribution in [3.8, 4) is 0 Å². The minimum absolute atomic E-state index is 0.00468. The molecule has 1 fully saturated rings. The Kier molecular flexibility index (Phi) is 4.73. The maximum absolute atomic E-state index is 12.3. The van der Waals surface area contributed by atoms with Crippen molar-refractivity contribution >= 4 is 11.8 Å². The second-order valence-corrected chi connectivity index (χ2v) is 6.15. The highest BCUT2D eigenvalue weighted by Crippen LogP contribution is 2.23. The lowest BCUT2D eigenvalue weighted by atomic mass is 9.84. The molecule has 1 rings (SSSR count). The molecule has 18 heavy (non-hydrogen) atoms. The van der Waals surface area contributed by atoms with Crippen molar-refractivity contribution in [2.24, 2.45) is 11.3 Å². The molecule has 104 valence electrons. The highest BCUT2D eigenvalue weighted by molar-refractivity contribution is 5.95. The number of amides is 2. The van der Waals surface area contributed by atoms with Crippen LogP contribution in [0, 0.1) is 11.3 Å². The van der Waals surface area contributed by atoms with Crippen LogP contribution in [0.5, 0.6) is 0 Å². The van der Waals surface area contributed by atoms with Crippen LogP contribution >= 0.6 is 0 Å². The highest BCUT2D eigenvalue weighted by Gasteiger charge is 2.40. The molecule has 5 heteroatoms. The molecule has 1 N–H and O–H groups in total. The number of carbonyl (C=O) groups is 2. The predicted octanol–water partition coefficient (Wildman–Crippen LogP) is 0.642. The number of ether oxygens (including phenoxy) is 1. The maximum atomic E-state index is 12.3. The first-order valence-corrected chi connectivity index (χ1v) is 6.32. The van der Waals surface area contributed by atoms with E-state index in [9.17, 15) is 9.59 Å². The lowest BCUT2D eigenvalue weighted by Gasteiger charge is -2.39. The van der Waals surface area contributed by atoms with E-state index < -0.39 is 6.04 Å². The van der Waals surface area contributed by atoms with Gasteiger partial charge in [0.1, 0.15) is 6.04 Å². The van der Waals surface area contributed by atoms with E-state index >= 15 is 0 Å². The van der Waals surface area contributed by atoms with E-state index in [4.69, 9.17) is 4.74 Å². The minimum Gasteiger partial charge on any atom is -0.384 e. The third-order valence-electron chi connectivity index (χ3n) is 3.05. The van der Waals surface area contributed by atoms with Crippen LogP contribution in [-0.4, -0.2) is 49.6 Å². The van der Waals surface area contributed by atoms with Crippen LogP contribution in [0.1, 0.15) is 27.7 Å². The number of nitrogens with one attached hydrogen (secondary N) is 1. The minimum atomic E-state index is -0.437. The first kappa shape index (κ1) is 15.0. The standard InChI is InChI=1S/C13H24N2O3/c1-9(8-18-5)6-15-7-10(16)14-11(12(15)17)13(2,3)4/h9,11H,6-8H2,1-5H3,(H,14,16). The predicted molar refractivity (Wildman–Crippen MR) is 69.0 cm³/mol. The van der Waals surface area contributed by atoms with E-state index in [1.54, 1.807) is 12.0 Å². The molecule has 0 bridgehead atoms. The Balaban J connectivity index is 2.74. The van der Waals surface area contributed by atoms with Crippen LogP contribution in [-0.2, 0) is 14.3 Å². The zero-order valence-corrected chi connectivity index (χ0v) is 11.9. The summed E-state index contributed by atoms with van der Waals surface area (Å²) < 4.78 is 5.06. The van der Waals surface area contributed by atoms with Crippen LogP contribution in [0.15, 0.2) is 0 Å². The van der Waals surface area contributed by atoms with Gasteiger partial charge < -0.3 is 15.0 Å². The Bertz CT molecular complexity index is 323. The molecule has 5 nitrogen and oxygen atoms in total. The lowest BCUT2D eigenvalue weighted by molar-refractivity contribution is -0.148. The second kappa shape index (κ2) is 5.69. The molecule has 1 aliphatic rings. The first-order valence-electron chi connectivity index (χ1n) is 6.32. The number of nitrogens with zero attached hydrogens (tertiary/aromatic N) is 1. The zero-order chi connectivity index (χ0) is 13.9. The van der Waals surface area contributed by atoms with Gasteiger partial charge in [-0.1, -0.05) is 27.7 Å². The van der Waals surface area contributed by atoms with E-state index in [1.165, 1.54) is 0 Å². The summed E-state index contributed by atoms with van der Waals surface area (Å²) in [7, 11) is 1.64. The molecule has 2 atom stereocenters. The Morgan fingerprint density at radius 1 is 1.44 bits per heavy atom. The number of carbonyl (C=O) groups excluding carboxylic acids is 2. The van der Waals surface area contributed by atoms with Gasteiger partial charge in [0.05, 0.1) is 13.2 Å². The fraction of sp³-hybridized carbons (Fsp3) is 0.846. The van der Waals surface area contributed by atoms with E-state index in [-0.39, 0.29) is 29.7 Å². The largest absolute Gasteiger partial charge is 0.384 e. The molecule has 0 spiro atoms. The van der Waals surface area contributed by atoms with Crippen molar-refractivity contribution < 1.29 is 14.3 Å². The highest BCUT2D eigenvalue weighted by atomic mass is 16.5. The van der Waals surface area contributed by atoms with E-state index in [0.717, 1.165) is 0 Å². The van der Waals surface area contributed by atoms with Gasteiger partial charge in [-0.3, -0.25) is 9.59 Å². The van der Waals surface area contributed by atoms with Crippen molar-refractivity contribution in [2.75, 3.05) is 26.8 Å². The fourth-order valence-electron chi connectivity index (χ4n) is 2.16. The molecule has 0 aromatic carbocycles. The molecule has 1 aliphatic heterocycles. The van der Waals surface area contributed by atoms with Crippen LogP contribution in [0.4, 0.5) is 0 Å². The van der Waals surface area contributed by atoms with Gasteiger partial charge in [0.2, 0.25) is 11.8 Å². The van der Waals surface area contributed by atoms with Crippen LogP contribution in [0.2, 0.25) is 0 Å². The number of piperazine rings is 1. The molecule has 2 amide bonds. The maximum Gasteiger partial charge on any atom is 0.246 e. The van der Waals surface area contributed by atoms with Crippen LogP contribution < -0.4 is 5.32 Å². The summed E-state index contributed by atoms with van der Waals surface area (Å²) in [4.78, 5) is 25.6. The average molecular weight is 256 g/mol. The van der Waals surface area contributed by atoms with E-state index in [1.807, 2.05) is 27.7 Å². The van der Waals surface area contributed by atoms with Crippen molar-refractivity contribution in [3.63, 3.8) is 0 Å². The van der Waals surface area contributed by atoms with Crippen molar-refractivity contribution in [3.05, 3.63) is 0 Å². The van der Waals surface area contributed by atoms with E-state index in [0.29, 0.717) is 13.2 Å². The van der Waals surface area contributed by atoms with Crippen molar-refractivity contribution in [1.29, 1.82) is 0 Å². The van der Waals surface area contributed by atoms with Crippen LogP contribution in [0.3, 0.4) is 0 Å². The second-order valence-electron chi connectivity index (χ2n) is 6.15. The molecular formula is C13H24N2O3. The third-order valence-corrected chi connectivity index (χ3v) is 3.05. The lowest BCUT2D eigenvalue weighted by Crippen LogP contribution is -2.62. The van der Waals surface area contributed by atoms with Gasteiger partial charge in [0, 0.05) is 13.7 Å². The van der Waals surface area contributed by atoms with Gasteiger partial charge in [-0.25, -0.2) is 0 Å².